The van der Waals surface area contributed by atoms with Gasteiger partial charge in [-0.15, -0.1) is 0 Å². The van der Waals surface area contributed by atoms with Crippen molar-refractivity contribution in [3.8, 4) is 0 Å². The van der Waals surface area contributed by atoms with Gasteiger partial charge in [0.1, 0.15) is 0 Å². The lowest BCUT2D eigenvalue weighted by atomic mass is 9.86. The maximum absolute atomic E-state index is 3.75. The molecule has 2 fully saturated rings. The maximum Gasteiger partial charge on any atom is 0.0351 e. The molecule has 0 saturated heterocycles. The minimum Gasteiger partial charge on any atom is -0.310 e. The molecule has 3 rings (SSSR count). The summed E-state index contributed by atoms with van der Waals surface area (Å²) in [7, 11) is 0. The molecular weight excluding hydrogens is 298 g/mol. The lowest BCUT2D eigenvalue weighted by Crippen LogP contribution is -2.28. The Kier molecular flexibility index (Phi) is 3.74. The summed E-state index contributed by atoms with van der Waals surface area (Å²) < 4.78 is 1.23. The van der Waals surface area contributed by atoms with Gasteiger partial charge in [0.15, 0.2) is 0 Å². The van der Waals surface area contributed by atoms with Gasteiger partial charge in [0, 0.05) is 10.5 Å². The summed E-state index contributed by atoms with van der Waals surface area (Å²) in [6.07, 6.45) is 4.39. The summed E-state index contributed by atoms with van der Waals surface area (Å²) in [6.45, 7) is 7.73. The van der Waals surface area contributed by atoms with Crippen LogP contribution in [0, 0.1) is 31.6 Å². The summed E-state index contributed by atoms with van der Waals surface area (Å²) >= 11 is 3.65. The number of fused-ring (bicyclic) bond motifs is 1. The predicted molar refractivity (Wildman–Crippen MR) is 84.4 cm³/mol. The highest BCUT2D eigenvalue weighted by molar-refractivity contribution is 9.10. The van der Waals surface area contributed by atoms with Gasteiger partial charge in [0.2, 0.25) is 0 Å². The van der Waals surface area contributed by atoms with Gasteiger partial charge < -0.3 is 5.32 Å². The molecule has 3 unspecified atom stereocenters. The SMILES string of the molecule is CCNC(c1cc(C)c(Br)cc1C)C1CC2CC2C1. The first-order valence-corrected chi connectivity index (χ1v) is 8.39. The number of aryl methyl sites for hydroxylation is 2. The van der Waals surface area contributed by atoms with Crippen LogP contribution in [0.3, 0.4) is 0 Å². The molecule has 1 aromatic rings. The van der Waals surface area contributed by atoms with E-state index in [0.29, 0.717) is 6.04 Å². The van der Waals surface area contributed by atoms with E-state index in [0.717, 1.165) is 24.3 Å². The van der Waals surface area contributed by atoms with E-state index in [1.807, 2.05) is 0 Å². The first kappa shape index (κ1) is 13.6. The van der Waals surface area contributed by atoms with Crippen LogP contribution in [-0.4, -0.2) is 6.54 Å². The first-order valence-electron chi connectivity index (χ1n) is 7.60. The van der Waals surface area contributed by atoms with Crippen LogP contribution in [0.4, 0.5) is 0 Å². The van der Waals surface area contributed by atoms with Crippen LogP contribution >= 0.6 is 15.9 Å². The summed E-state index contributed by atoms with van der Waals surface area (Å²) in [4.78, 5) is 0. The Morgan fingerprint density at radius 3 is 2.47 bits per heavy atom. The average Bonchev–Trinajstić information content (AvgIpc) is 2.98. The molecule has 0 heterocycles. The van der Waals surface area contributed by atoms with E-state index in [1.165, 1.54) is 40.4 Å². The molecule has 2 aliphatic rings. The molecule has 3 atom stereocenters. The Morgan fingerprint density at radius 1 is 1.16 bits per heavy atom. The van der Waals surface area contributed by atoms with Crippen molar-refractivity contribution < 1.29 is 0 Å². The van der Waals surface area contributed by atoms with E-state index in [1.54, 1.807) is 0 Å². The molecule has 0 bridgehead atoms. The van der Waals surface area contributed by atoms with Crippen LogP contribution in [0.5, 0.6) is 0 Å². The van der Waals surface area contributed by atoms with E-state index in [-0.39, 0.29) is 0 Å². The van der Waals surface area contributed by atoms with Gasteiger partial charge in [-0.3, -0.25) is 0 Å². The van der Waals surface area contributed by atoms with Crippen LogP contribution in [-0.2, 0) is 0 Å². The van der Waals surface area contributed by atoms with Crippen LogP contribution < -0.4 is 5.32 Å². The summed E-state index contributed by atoms with van der Waals surface area (Å²) in [5.41, 5.74) is 4.30. The molecule has 104 valence electrons. The summed E-state index contributed by atoms with van der Waals surface area (Å²) in [6, 6.07) is 5.23. The number of benzene rings is 1. The molecule has 0 aliphatic heterocycles. The van der Waals surface area contributed by atoms with Crippen molar-refractivity contribution in [2.24, 2.45) is 17.8 Å². The minimum atomic E-state index is 0.560. The normalized spacial score (nSPS) is 30.2. The number of hydrogen-bond acceptors (Lipinski definition) is 1. The number of hydrogen-bond donors (Lipinski definition) is 1. The van der Waals surface area contributed by atoms with Crippen LogP contribution in [0.25, 0.3) is 0 Å². The Bertz CT molecular complexity index is 472. The highest BCUT2D eigenvalue weighted by atomic mass is 79.9. The Labute approximate surface area is 125 Å². The van der Waals surface area contributed by atoms with Gasteiger partial charge in [0.25, 0.3) is 0 Å². The smallest absolute Gasteiger partial charge is 0.0351 e. The fourth-order valence-electron chi connectivity index (χ4n) is 3.92. The Morgan fingerprint density at radius 2 is 1.84 bits per heavy atom. The van der Waals surface area contributed by atoms with E-state index in [2.05, 4.69) is 54.2 Å². The second-order valence-electron chi connectivity index (χ2n) is 6.48. The van der Waals surface area contributed by atoms with Gasteiger partial charge in [-0.05, 0) is 80.2 Å². The molecule has 2 heteroatoms. The van der Waals surface area contributed by atoms with Crippen molar-refractivity contribution in [2.45, 2.75) is 46.1 Å². The second-order valence-corrected chi connectivity index (χ2v) is 7.34. The zero-order valence-corrected chi connectivity index (χ0v) is 13.8. The van der Waals surface area contributed by atoms with E-state index in [9.17, 15) is 0 Å². The van der Waals surface area contributed by atoms with E-state index < -0.39 is 0 Å². The number of rotatable bonds is 4. The second kappa shape index (κ2) is 5.21. The molecule has 1 N–H and O–H groups in total. The lowest BCUT2D eigenvalue weighted by molar-refractivity contribution is 0.345. The van der Waals surface area contributed by atoms with Crippen molar-refractivity contribution in [1.82, 2.24) is 5.32 Å². The number of halogens is 1. The topological polar surface area (TPSA) is 12.0 Å². The van der Waals surface area contributed by atoms with Crippen molar-refractivity contribution >= 4 is 15.9 Å². The fraction of sp³-hybridized carbons (Fsp3) is 0.647. The van der Waals surface area contributed by atoms with E-state index >= 15 is 0 Å². The molecule has 1 aromatic carbocycles. The Hall–Kier alpha value is -0.340. The van der Waals surface area contributed by atoms with Crippen LogP contribution in [0.15, 0.2) is 16.6 Å². The van der Waals surface area contributed by atoms with Gasteiger partial charge in [0.05, 0.1) is 0 Å². The van der Waals surface area contributed by atoms with Crippen molar-refractivity contribution in [2.75, 3.05) is 6.54 Å². The standard InChI is InChI=1S/C17H24BrN/c1-4-19-17(14-8-12-7-13(12)9-14)15-5-11(3)16(18)6-10(15)2/h5-6,12-14,17,19H,4,7-9H2,1-3H3. The molecule has 2 saturated carbocycles. The lowest BCUT2D eigenvalue weighted by Gasteiger charge is -2.28. The highest BCUT2D eigenvalue weighted by Crippen LogP contribution is 2.57. The van der Waals surface area contributed by atoms with Crippen molar-refractivity contribution in [1.29, 1.82) is 0 Å². The largest absolute Gasteiger partial charge is 0.310 e. The zero-order valence-electron chi connectivity index (χ0n) is 12.2. The number of nitrogens with one attached hydrogen (secondary N) is 1. The average molecular weight is 322 g/mol. The third kappa shape index (κ3) is 2.62. The van der Waals surface area contributed by atoms with Crippen LogP contribution in [0.2, 0.25) is 0 Å². The summed E-state index contributed by atoms with van der Waals surface area (Å²) in [5.74, 6) is 2.97. The van der Waals surface area contributed by atoms with E-state index in [4.69, 9.17) is 0 Å². The highest BCUT2D eigenvalue weighted by Gasteiger charge is 2.48. The molecule has 0 spiro atoms. The molecular formula is C17H24BrN. The summed E-state index contributed by atoms with van der Waals surface area (Å²) in [5, 5.41) is 3.75. The predicted octanol–water partition coefficient (Wildman–Crippen LogP) is 4.76. The fourth-order valence-corrected chi connectivity index (χ4v) is 4.38. The van der Waals surface area contributed by atoms with Gasteiger partial charge in [-0.1, -0.05) is 28.9 Å². The van der Waals surface area contributed by atoms with Crippen LogP contribution in [0.1, 0.15) is 48.9 Å². The minimum absolute atomic E-state index is 0.560. The van der Waals surface area contributed by atoms with Crippen molar-refractivity contribution in [3.05, 3.63) is 33.3 Å². The monoisotopic (exact) mass is 321 g/mol. The zero-order chi connectivity index (χ0) is 13.6. The van der Waals surface area contributed by atoms with Crippen molar-refractivity contribution in [3.63, 3.8) is 0 Å². The molecule has 0 aromatic heterocycles. The molecule has 0 radical (unpaired) electrons. The third-order valence-corrected chi connectivity index (χ3v) is 5.91. The van der Waals surface area contributed by atoms with Gasteiger partial charge in [-0.25, -0.2) is 0 Å². The van der Waals surface area contributed by atoms with Gasteiger partial charge in [-0.2, -0.15) is 0 Å². The quantitative estimate of drug-likeness (QED) is 0.842. The maximum atomic E-state index is 3.75. The van der Waals surface area contributed by atoms with Gasteiger partial charge >= 0.3 is 0 Å². The first-order chi connectivity index (χ1) is 9.10. The molecule has 1 nitrogen and oxygen atoms in total. The molecule has 19 heavy (non-hydrogen) atoms. The molecule has 0 amide bonds. The molecule has 2 aliphatic carbocycles. The Balaban J connectivity index is 1.88. The third-order valence-electron chi connectivity index (χ3n) is 5.06.